The van der Waals surface area contributed by atoms with Gasteiger partial charge in [0.15, 0.2) is 5.78 Å². The van der Waals surface area contributed by atoms with E-state index < -0.39 is 5.97 Å². The Hall–Kier alpha value is -1.94. The summed E-state index contributed by atoms with van der Waals surface area (Å²) in [6.07, 6.45) is 2.68. The number of nitrogens with one attached hydrogen (secondary N) is 1. The van der Waals surface area contributed by atoms with E-state index in [0.717, 1.165) is 5.56 Å². The number of rotatable bonds is 6. The summed E-state index contributed by atoms with van der Waals surface area (Å²) in [6, 6.07) is 6.96. The Morgan fingerprint density at radius 1 is 1.32 bits per heavy atom. The van der Waals surface area contributed by atoms with Gasteiger partial charge in [-0.25, -0.2) is 4.79 Å². The van der Waals surface area contributed by atoms with E-state index in [1.54, 1.807) is 37.3 Å². The van der Waals surface area contributed by atoms with Gasteiger partial charge >= 0.3 is 5.97 Å². The lowest BCUT2D eigenvalue weighted by Crippen LogP contribution is -2.19. The molecule has 0 amide bonds. The number of carbonyl (C=O) groups is 2. The van der Waals surface area contributed by atoms with Crippen LogP contribution in [0.3, 0.4) is 0 Å². The highest BCUT2D eigenvalue weighted by molar-refractivity contribution is 6.39. The Kier molecular flexibility index (Phi) is 5.96. The molecule has 5 heteroatoms. The van der Waals surface area contributed by atoms with Crippen LogP contribution in [0, 0.1) is 5.41 Å². The number of ether oxygens (including phenoxy) is 1. The molecule has 0 spiro atoms. The SMILES string of the molecule is CCOC(=O)C(=N)CC(=O)/C=C/c1ccc(Cl)cc1. The highest BCUT2D eigenvalue weighted by Gasteiger charge is 2.12. The van der Waals surface area contributed by atoms with Gasteiger partial charge in [-0.3, -0.25) is 10.2 Å². The van der Waals surface area contributed by atoms with Crippen LogP contribution in [-0.4, -0.2) is 24.1 Å². The molecule has 0 unspecified atom stereocenters. The van der Waals surface area contributed by atoms with Gasteiger partial charge in [0.1, 0.15) is 5.71 Å². The molecule has 0 atom stereocenters. The summed E-state index contributed by atoms with van der Waals surface area (Å²) in [5.41, 5.74) is 0.480. The van der Waals surface area contributed by atoms with E-state index in [1.807, 2.05) is 0 Å². The number of halogens is 1. The first-order valence-corrected chi connectivity index (χ1v) is 6.11. The second-order valence-electron chi connectivity index (χ2n) is 3.73. The third-order valence-electron chi connectivity index (χ3n) is 2.20. The molecule has 0 radical (unpaired) electrons. The van der Waals surface area contributed by atoms with E-state index in [4.69, 9.17) is 17.0 Å². The second-order valence-corrected chi connectivity index (χ2v) is 4.16. The molecule has 0 heterocycles. The first-order chi connectivity index (χ1) is 9.02. The maximum absolute atomic E-state index is 11.5. The normalized spacial score (nSPS) is 10.4. The zero-order chi connectivity index (χ0) is 14.3. The molecule has 0 aromatic heterocycles. The summed E-state index contributed by atoms with van der Waals surface area (Å²) in [5.74, 6) is -1.08. The summed E-state index contributed by atoms with van der Waals surface area (Å²) in [5, 5.41) is 8.01. The third-order valence-corrected chi connectivity index (χ3v) is 2.46. The Morgan fingerprint density at radius 3 is 2.53 bits per heavy atom. The van der Waals surface area contributed by atoms with Crippen molar-refractivity contribution in [3.8, 4) is 0 Å². The smallest absolute Gasteiger partial charge is 0.352 e. The van der Waals surface area contributed by atoms with E-state index in [2.05, 4.69) is 4.74 Å². The molecule has 1 aromatic rings. The maximum Gasteiger partial charge on any atom is 0.352 e. The molecule has 100 valence electrons. The van der Waals surface area contributed by atoms with Crippen LogP contribution >= 0.6 is 11.6 Å². The number of hydrogen-bond acceptors (Lipinski definition) is 4. The van der Waals surface area contributed by atoms with Gasteiger partial charge in [0.2, 0.25) is 0 Å². The van der Waals surface area contributed by atoms with Gasteiger partial charge in [0.25, 0.3) is 0 Å². The lowest BCUT2D eigenvalue weighted by atomic mass is 10.1. The standard InChI is InChI=1S/C14H14ClNO3/c1-2-19-14(18)13(16)9-12(17)8-5-10-3-6-11(15)7-4-10/h3-8,16H,2,9H2,1H3/b8-5+,16-13?. The summed E-state index contributed by atoms with van der Waals surface area (Å²) in [4.78, 5) is 22.7. The number of esters is 1. The van der Waals surface area contributed by atoms with E-state index in [0.29, 0.717) is 5.02 Å². The van der Waals surface area contributed by atoms with Crippen molar-refractivity contribution in [3.63, 3.8) is 0 Å². The molecule has 0 saturated carbocycles. The summed E-state index contributed by atoms with van der Waals surface area (Å²) >= 11 is 5.74. The number of allylic oxidation sites excluding steroid dienone is 1. The van der Waals surface area contributed by atoms with Crippen LogP contribution in [-0.2, 0) is 14.3 Å². The van der Waals surface area contributed by atoms with E-state index in [9.17, 15) is 9.59 Å². The number of hydrogen-bond donors (Lipinski definition) is 1. The molecule has 0 fully saturated rings. The Labute approximate surface area is 116 Å². The van der Waals surface area contributed by atoms with Gasteiger partial charge in [0.05, 0.1) is 13.0 Å². The van der Waals surface area contributed by atoms with Gasteiger partial charge in [-0.05, 0) is 30.7 Å². The fraction of sp³-hybridized carbons (Fsp3) is 0.214. The number of ketones is 1. The Bertz CT molecular complexity index is 506. The molecule has 0 bridgehead atoms. The lowest BCUT2D eigenvalue weighted by Gasteiger charge is -2.00. The van der Waals surface area contributed by atoms with Crippen LogP contribution in [0.4, 0.5) is 0 Å². The number of carbonyl (C=O) groups excluding carboxylic acids is 2. The lowest BCUT2D eigenvalue weighted by molar-refractivity contribution is -0.135. The minimum absolute atomic E-state index is 0.190. The molecule has 4 nitrogen and oxygen atoms in total. The van der Waals surface area contributed by atoms with Crippen molar-refractivity contribution in [3.05, 3.63) is 40.9 Å². The molecule has 0 aliphatic heterocycles. The van der Waals surface area contributed by atoms with Crippen LogP contribution in [0.15, 0.2) is 30.3 Å². The van der Waals surface area contributed by atoms with Crippen molar-refractivity contribution in [2.24, 2.45) is 0 Å². The second kappa shape index (κ2) is 7.48. The first kappa shape index (κ1) is 15.1. The highest BCUT2D eigenvalue weighted by Crippen LogP contribution is 2.10. The average Bonchev–Trinajstić information content (AvgIpc) is 2.38. The van der Waals surface area contributed by atoms with Crippen molar-refractivity contribution in [1.29, 1.82) is 5.41 Å². The predicted octanol–water partition coefficient (Wildman–Crippen LogP) is 2.90. The molecule has 0 saturated heterocycles. The Balaban J connectivity index is 2.53. The zero-order valence-electron chi connectivity index (χ0n) is 10.5. The molecular weight excluding hydrogens is 266 g/mol. The Morgan fingerprint density at radius 2 is 1.95 bits per heavy atom. The molecule has 19 heavy (non-hydrogen) atoms. The van der Waals surface area contributed by atoms with Crippen LogP contribution in [0.2, 0.25) is 5.02 Å². The summed E-state index contributed by atoms with van der Waals surface area (Å²) in [7, 11) is 0. The topological polar surface area (TPSA) is 67.2 Å². The largest absolute Gasteiger partial charge is 0.462 e. The van der Waals surface area contributed by atoms with E-state index >= 15 is 0 Å². The van der Waals surface area contributed by atoms with Crippen LogP contribution in [0.5, 0.6) is 0 Å². The minimum Gasteiger partial charge on any atom is -0.462 e. The van der Waals surface area contributed by atoms with Gasteiger partial charge in [0, 0.05) is 5.02 Å². The molecule has 1 rings (SSSR count). The van der Waals surface area contributed by atoms with Crippen LogP contribution in [0.1, 0.15) is 18.9 Å². The quantitative estimate of drug-likeness (QED) is 0.495. The summed E-state index contributed by atoms with van der Waals surface area (Å²) < 4.78 is 4.63. The van der Waals surface area contributed by atoms with Gasteiger partial charge in [-0.1, -0.05) is 29.8 Å². The van der Waals surface area contributed by atoms with E-state index in [-0.39, 0.29) is 24.5 Å². The van der Waals surface area contributed by atoms with Crippen molar-refractivity contribution in [1.82, 2.24) is 0 Å². The molecule has 0 aliphatic carbocycles. The van der Waals surface area contributed by atoms with Gasteiger partial charge < -0.3 is 4.74 Å². The monoisotopic (exact) mass is 279 g/mol. The van der Waals surface area contributed by atoms with Crippen LogP contribution < -0.4 is 0 Å². The van der Waals surface area contributed by atoms with Crippen molar-refractivity contribution in [2.75, 3.05) is 6.61 Å². The third kappa shape index (κ3) is 5.48. The molecule has 1 aromatic carbocycles. The highest BCUT2D eigenvalue weighted by atomic mass is 35.5. The van der Waals surface area contributed by atoms with Gasteiger partial charge in [-0.15, -0.1) is 0 Å². The van der Waals surface area contributed by atoms with Crippen molar-refractivity contribution < 1.29 is 14.3 Å². The minimum atomic E-state index is -0.754. The zero-order valence-corrected chi connectivity index (χ0v) is 11.2. The van der Waals surface area contributed by atoms with E-state index in [1.165, 1.54) is 6.08 Å². The molecule has 0 aliphatic rings. The van der Waals surface area contributed by atoms with Crippen LogP contribution in [0.25, 0.3) is 6.08 Å². The predicted molar refractivity (Wildman–Crippen MR) is 74.5 cm³/mol. The maximum atomic E-state index is 11.5. The summed E-state index contributed by atoms with van der Waals surface area (Å²) in [6.45, 7) is 1.84. The first-order valence-electron chi connectivity index (χ1n) is 5.74. The average molecular weight is 280 g/mol. The molecule has 1 N–H and O–H groups in total. The van der Waals surface area contributed by atoms with Gasteiger partial charge in [-0.2, -0.15) is 0 Å². The van der Waals surface area contributed by atoms with Crippen molar-refractivity contribution >= 4 is 35.1 Å². The fourth-order valence-corrected chi connectivity index (χ4v) is 1.41. The van der Waals surface area contributed by atoms with Crippen molar-refractivity contribution in [2.45, 2.75) is 13.3 Å². The fourth-order valence-electron chi connectivity index (χ4n) is 1.29. The number of benzene rings is 1. The molecular formula is C14H14ClNO3.